The molecule has 4 heteroatoms. The van der Waals surface area contributed by atoms with Crippen LogP contribution in [-0.2, 0) is 4.79 Å². The van der Waals surface area contributed by atoms with Gasteiger partial charge in [-0.05, 0) is 12.8 Å². The van der Waals surface area contributed by atoms with Crippen molar-refractivity contribution >= 4 is 5.91 Å². The molecule has 0 saturated carbocycles. The molecule has 0 aromatic rings. The monoisotopic (exact) mass is 203 g/mol. The summed E-state index contributed by atoms with van der Waals surface area (Å²) in [5.74, 6) is -0.0139. The van der Waals surface area contributed by atoms with E-state index < -0.39 is 0 Å². The summed E-state index contributed by atoms with van der Waals surface area (Å²) in [6.07, 6.45) is 1.82. The van der Waals surface area contributed by atoms with Crippen molar-refractivity contribution < 1.29 is 15.0 Å². The highest BCUT2D eigenvalue weighted by atomic mass is 16.3. The van der Waals surface area contributed by atoms with Gasteiger partial charge in [0.1, 0.15) is 0 Å². The van der Waals surface area contributed by atoms with E-state index in [-0.39, 0.29) is 24.5 Å². The maximum Gasteiger partial charge on any atom is 0.220 e. The lowest BCUT2D eigenvalue weighted by Gasteiger charge is -2.21. The molecule has 4 nitrogen and oxygen atoms in total. The lowest BCUT2D eigenvalue weighted by Crippen LogP contribution is -2.35. The molecule has 0 aliphatic carbocycles. The normalized spacial score (nSPS) is 11.4. The molecular formula is C10H21NO3. The smallest absolute Gasteiger partial charge is 0.220 e. The number of unbranched alkanes of at least 4 members (excludes halogenated alkanes) is 1. The van der Waals surface area contributed by atoms with E-state index in [2.05, 4.69) is 5.32 Å². The molecule has 0 saturated heterocycles. The second kappa shape index (κ2) is 6.79. The lowest BCUT2D eigenvalue weighted by molar-refractivity contribution is -0.121. The highest BCUT2D eigenvalue weighted by Crippen LogP contribution is 2.11. The molecule has 0 aromatic carbocycles. The van der Waals surface area contributed by atoms with E-state index in [0.29, 0.717) is 25.8 Å². The van der Waals surface area contributed by atoms with E-state index in [0.717, 1.165) is 0 Å². The van der Waals surface area contributed by atoms with Gasteiger partial charge in [-0.2, -0.15) is 0 Å². The Labute approximate surface area is 85.3 Å². The third kappa shape index (κ3) is 6.86. The molecule has 0 unspecified atom stereocenters. The fourth-order valence-corrected chi connectivity index (χ4v) is 0.880. The Hall–Kier alpha value is -0.610. The molecule has 0 aliphatic rings. The third-order valence-corrected chi connectivity index (χ3v) is 2.00. The van der Waals surface area contributed by atoms with Crippen LogP contribution in [0.5, 0.6) is 0 Å². The van der Waals surface area contributed by atoms with Crippen molar-refractivity contribution in [1.82, 2.24) is 5.32 Å². The van der Waals surface area contributed by atoms with E-state index in [4.69, 9.17) is 10.2 Å². The Bertz CT molecular complexity index is 169. The highest BCUT2D eigenvalue weighted by molar-refractivity contribution is 5.75. The predicted molar refractivity (Wildman–Crippen MR) is 54.8 cm³/mol. The maximum atomic E-state index is 11.2. The van der Waals surface area contributed by atoms with Crippen molar-refractivity contribution in [2.45, 2.75) is 33.1 Å². The van der Waals surface area contributed by atoms with Gasteiger partial charge in [0.25, 0.3) is 0 Å². The number of hydrogen-bond donors (Lipinski definition) is 3. The zero-order valence-corrected chi connectivity index (χ0v) is 9.05. The van der Waals surface area contributed by atoms with Gasteiger partial charge in [-0.15, -0.1) is 0 Å². The van der Waals surface area contributed by atoms with Crippen LogP contribution in [0.3, 0.4) is 0 Å². The molecule has 0 atom stereocenters. The summed E-state index contributed by atoms with van der Waals surface area (Å²) in [4.78, 5) is 11.2. The molecule has 14 heavy (non-hydrogen) atoms. The Morgan fingerprint density at radius 1 is 1.29 bits per heavy atom. The Kier molecular flexibility index (Phi) is 6.49. The average Bonchev–Trinajstić information content (AvgIpc) is 2.16. The number of carbonyl (C=O) groups is 1. The summed E-state index contributed by atoms with van der Waals surface area (Å²) in [5, 5.41) is 20.2. The minimum absolute atomic E-state index is 0.0139. The molecule has 0 aliphatic heterocycles. The van der Waals surface area contributed by atoms with Crippen molar-refractivity contribution in [2.75, 3.05) is 19.8 Å². The number of aliphatic hydroxyl groups excluding tert-OH is 2. The standard InChI is InChI=1S/C10H21NO3/c1-10(2,8-13)7-11-9(14)5-3-4-6-12/h12-13H,3-8H2,1-2H3,(H,11,14). The fraction of sp³-hybridized carbons (Fsp3) is 0.900. The molecule has 1 amide bonds. The number of aliphatic hydroxyl groups is 2. The summed E-state index contributed by atoms with van der Waals surface area (Å²) in [6, 6.07) is 0. The lowest BCUT2D eigenvalue weighted by atomic mass is 9.95. The van der Waals surface area contributed by atoms with Crippen molar-refractivity contribution in [2.24, 2.45) is 5.41 Å². The first-order chi connectivity index (χ1) is 6.52. The van der Waals surface area contributed by atoms with Gasteiger partial charge in [-0.3, -0.25) is 4.79 Å². The first-order valence-electron chi connectivity index (χ1n) is 5.00. The largest absolute Gasteiger partial charge is 0.396 e. The van der Waals surface area contributed by atoms with Crippen LogP contribution in [0.2, 0.25) is 0 Å². The molecule has 0 radical (unpaired) electrons. The van der Waals surface area contributed by atoms with Crippen LogP contribution in [0.15, 0.2) is 0 Å². The van der Waals surface area contributed by atoms with Crippen molar-refractivity contribution in [3.63, 3.8) is 0 Å². The van der Waals surface area contributed by atoms with Crippen LogP contribution in [-0.4, -0.2) is 35.9 Å². The van der Waals surface area contributed by atoms with Crippen LogP contribution in [0.25, 0.3) is 0 Å². The summed E-state index contributed by atoms with van der Waals surface area (Å²) >= 11 is 0. The molecule has 3 N–H and O–H groups in total. The number of carbonyl (C=O) groups excluding carboxylic acids is 1. The van der Waals surface area contributed by atoms with Gasteiger partial charge in [0, 0.05) is 31.6 Å². The summed E-state index contributed by atoms with van der Waals surface area (Å²) in [7, 11) is 0. The molecule has 84 valence electrons. The zero-order chi connectivity index (χ0) is 11.0. The molecule has 0 rings (SSSR count). The minimum Gasteiger partial charge on any atom is -0.396 e. The first kappa shape index (κ1) is 13.4. The number of amides is 1. The molecule has 0 heterocycles. The predicted octanol–water partition coefficient (Wildman–Crippen LogP) is 0.284. The van der Waals surface area contributed by atoms with E-state index in [9.17, 15) is 4.79 Å². The van der Waals surface area contributed by atoms with Gasteiger partial charge in [-0.1, -0.05) is 13.8 Å². The Morgan fingerprint density at radius 3 is 2.43 bits per heavy atom. The van der Waals surface area contributed by atoms with Crippen LogP contribution in [0.1, 0.15) is 33.1 Å². The number of rotatable bonds is 7. The van der Waals surface area contributed by atoms with Crippen molar-refractivity contribution in [3.05, 3.63) is 0 Å². The van der Waals surface area contributed by atoms with Crippen LogP contribution in [0, 0.1) is 5.41 Å². The van der Waals surface area contributed by atoms with Crippen molar-refractivity contribution in [3.8, 4) is 0 Å². The van der Waals surface area contributed by atoms with Gasteiger partial charge in [-0.25, -0.2) is 0 Å². The molecule has 0 spiro atoms. The quantitative estimate of drug-likeness (QED) is 0.521. The molecule has 0 aromatic heterocycles. The van der Waals surface area contributed by atoms with E-state index in [1.807, 2.05) is 13.8 Å². The molecule has 0 bridgehead atoms. The van der Waals surface area contributed by atoms with Gasteiger partial charge < -0.3 is 15.5 Å². The Balaban J connectivity index is 3.53. The van der Waals surface area contributed by atoms with E-state index in [1.165, 1.54) is 0 Å². The topological polar surface area (TPSA) is 69.6 Å². The van der Waals surface area contributed by atoms with Gasteiger partial charge in [0.05, 0.1) is 0 Å². The van der Waals surface area contributed by atoms with Crippen LogP contribution < -0.4 is 5.32 Å². The van der Waals surface area contributed by atoms with Gasteiger partial charge in [0.15, 0.2) is 0 Å². The number of hydrogen-bond acceptors (Lipinski definition) is 3. The Morgan fingerprint density at radius 2 is 1.93 bits per heavy atom. The van der Waals surface area contributed by atoms with Gasteiger partial charge >= 0.3 is 0 Å². The summed E-state index contributed by atoms with van der Waals surface area (Å²) in [6.45, 7) is 4.46. The average molecular weight is 203 g/mol. The maximum absolute atomic E-state index is 11.2. The molecular weight excluding hydrogens is 182 g/mol. The fourth-order valence-electron chi connectivity index (χ4n) is 0.880. The zero-order valence-electron chi connectivity index (χ0n) is 9.05. The second-order valence-electron chi connectivity index (χ2n) is 4.28. The number of nitrogens with one attached hydrogen (secondary N) is 1. The van der Waals surface area contributed by atoms with E-state index >= 15 is 0 Å². The van der Waals surface area contributed by atoms with Crippen molar-refractivity contribution in [1.29, 1.82) is 0 Å². The van der Waals surface area contributed by atoms with Gasteiger partial charge in [0.2, 0.25) is 5.91 Å². The SMILES string of the molecule is CC(C)(CO)CNC(=O)CCCCO. The van der Waals surface area contributed by atoms with Crippen LogP contribution >= 0.6 is 0 Å². The van der Waals surface area contributed by atoms with E-state index in [1.54, 1.807) is 0 Å². The second-order valence-corrected chi connectivity index (χ2v) is 4.28. The highest BCUT2D eigenvalue weighted by Gasteiger charge is 2.16. The summed E-state index contributed by atoms with van der Waals surface area (Å²) in [5.41, 5.74) is -0.257. The molecule has 0 fully saturated rings. The third-order valence-electron chi connectivity index (χ3n) is 2.00. The summed E-state index contributed by atoms with van der Waals surface area (Å²) < 4.78 is 0. The first-order valence-corrected chi connectivity index (χ1v) is 5.00. The van der Waals surface area contributed by atoms with Crippen LogP contribution in [0.4, 0.5) is 0 Å². The minimum atomic E-state index is -0.257.